The van der Waals surface area contributed by atoms with Gasteiger partial charge in [0, 0.05) is 403 Å². The van der Waals surface area contributed by atoms with Crippen molar-refractivity contribution in [2.24, 2.45) is 0 Å². The average molecular weight is 1110 g/mol. The van der Waals surface area contributed by atoms with Gasteiger partial charge in [-0.25, -0.2) is 11.8 Å². The predicted octanol–water partition coefficient (Wildman–Crippen LogP) is 0.808. The Hall–Kier alpha value is -20.1. The molecule has 0 spiro atoms. The Morgan fingerprint density at radius 1 is 0.0543 bits per heavy atom. The summed E-state index contributed by atoms with van der Waals surface area (Å²) < 4.78 is 0. The highest BCUT2D eigenvalue weighted by molar-refractivity contribution is 5.55. The van der Waals surface area contributed by atoms with E-state index >= 15 is 0 Å². The fourth-order valence-corrected chi connectivity index (χ4v) is 2.78. The maximum absolute atomic E-state index is 3.32. The smallest absolute Gasteiger partial charge is 0 e. The van der Waals surface area contributed by atoms with Crippen LogP contribution in [0.1, 0.15) is 0 Å². The van der Waals surface area contributed by atoms with Crippen molar-refractivity contribution in [3.63, 3.8) is 0 Å². The summed E-state index contributed by atoms with van der Waals surface area (Å²) in [5.41, 5.74) is 0. The van der Waals surface area contributed by atoms with Crippen LogP contribution in [0.25, 0.3) is 0 Å². The fourth-order valence-electron chi connectivity index (χ4n) is 2.78. The minimum atomic E-state index is 2.37. The summed E-state index contributed by atoms with van der Waals surface area (Å²) in [6, 6.07) is 0. The first kappa shape index (κ1) is 71.9. The molecule has 0 N–H and O–H groups in total. The second-order valence-corrected chi connectivity index (χ2v) is 11.4. The first-order valence-corrected chi connectivity index (χ1v) is 23.0. The third kappa shape index (κ3) is 69.9. The molecular formula is C92H4-2. The molecule has 0 fully saturated rings. The summed E-state index contributed by atoms with van der Waals surface area (Å²) in [4.78, 5) is 0. The second-order valence-electron chi connectivity index (χ2n) is 11.4. The molecule has 0 aromatic carbocycles. The molecule has 0 aromatic heterocycles. The summed E-state index contributed by atoms with van der Waals surface area (Å²) >= 11 is 0. The monoisotopic (exact) mass is 1110 g/mol. The van der Waals surface area contributed by atoms with Crippen molar-refractivity contribution in [2.75, 3.05) is 0 Å². The lowest BCUT2D eigenvalue weighted by Crippen LogP contribution is -1.57. The van der Waals surface area contributed by atoms with Crippen molar-refractivity contribution in [1.82, 2.24) is 0 Å². The first-order chi connectivity index (χ1) is 45.9. The average Bonchev–Trinajstić information content (AvgIpc) is 3.57. The van der Waals surface area contributed by atoms with E-state index in [1.54, 1.807) is 0 Å². The van der Waals surface area contributed by atoms with Crippen LogP contribution in [0.2, 0.25) is 0 Å². The van der Waals surface area contributed by atoms with Crippen molar-refractivity contribution in [3.05, 3.63) is 13.8 Å². The molecule has 0 saturated carbocycles. The molecule has 0 aliphatic heterocycles. The molecule has 0 rings (SSSR count). The second kappa shape index (κ2) is 70.9. The summed E-state index contributed by atoms with van der Waals surface area (Å²) in [5.74, 6) is 224. The van der Waals surface area contributed by atoms with Gasteiger partial charge in [0.2, 0.25) is 0 Å². The van der Waals surface area contributed by atoms with E-state index in [4.69, 9.17) is 0 Å². The van der Waals surface area contributed by atoms with Gasteiger partial charge in [0.05, 0.1) is 0 Å². The zero-order valence-corrected chi connectivity index (χ0v) is 46.4. The molecule has 0 aliphatic rings. The van der Waals surface area contributed by atoms with Crippen LogP contribution < -0.4 is 0 Å². The molecule has 0 amide bonds. The molecule has 0 heteroatoms. The molecule has 0 atom stereocenters. The SMILES string of the molecule is [CH2-]C#CC#CC#CC#CC#CC#CC#CC#CC#CC#CC#CC#CC#CC#CC#CC#CC#CC#CC#CC#CC#CC#CC#CC#CC#CC#CC#CC#CC#CC#CC#CC#CC#CC#CC#CC#CC#CC#CC#CC#CC#CC#CC#CC#CC#C[CH2-]. The molecule has 0 bridgehead atoms. The van der Waals surface area contributed by atoms with Gasteiger partial charge in [-0.05, 0) is 94.7 Å². The standard InChI is InChI=1S/C92H4/c1-3-5-7-9-11-13-15-17-19-21-23-25-27-29-31-33-35-37-39-41-43-45-47-49-51-53-55-57-59-61-63-65-67-69-71-73-75-77-79-81-83-85-87-89-91-92-90-88-86-84-82-80-78-76-74-72-70-68-66-64-62-60-58-56-54-52-50-48-46-44-42-40-38-36-34-32-30-28-26-24-22-20-18-16-14-12-10-8-6-4-2/h1-2H2/q-2. The molecule has 0 radical (unpaired) electrons. The topological polar surface area (TPSA) is 0 Å². The fraction of sp³-hybridized carbons (Fsp3) is 0. The normalized spacial score (nSPS) is 3.96. The van der Waals surface area contributed by atoms with Gasteiger partial charge in [-0.1, -0.05) is 0 Å². The van der Waals surface area contributed by atoms with Crippen molar-refractivity contribution in [1.29, 1.82) is 0 Å². The van der Waals surface area contributed by atoms with Crippen LogP contribution in [0.15, 0.2) is 0 Å². The van der Waals surface area contributed by atoms with Crippen LogP contribution >= 0.6 is 0 Å². The number of hydrogen-bond acceptors (Lipinski definition) is 0. The van der Waals surface area contributed by atoms with E-state index in [0.29, 0.717) is 0 Å². The molecular weight excluding hydrogens is 1110 g/mol. The lowest BCUT2D eigenvalue weighted by Gasteiger charge is -1.64. The first-order valence-electron chi connectivity index (χ1n) is 23.0. The zero-order valence-electron chi connectivity index (χ0n) is 46.4. The lowest BCUT2D eigenvalue weighted by atomic mass is 10.4. The molecule has 0 aromatic rings. The summed E-state index contributed by atoms with van der Waals surface area (Å²) in [7, 11) is 0. The molecule has 0 unspecified atom stereocenters. The minimum absolute atomic E-state index is 2.37. The van der Waals surface area contributed by atoms with E-state index in [0.717, 1.165) is 0 Å². The van der Waals surface area contributed by atoms with Gasteiger partial charge >= 0.3 is 0 Å². The maximum atomic E-state index is 3.32. The molecule has 0 nitrogen and oxygen atoms in total. The van der Waals surface area contributed by atoms with Gasteiger partial charge in [0.15, 0.2) is 0 Å². The molecule has 0 aliphatic carbocycles. The predicted molar refractivity (Wildman–Crippen MR) is 361 cm³/mol. The number of hydrogen-bond donors (Lipinski definition) is 0. The van der Waals surface area contributed by atoms with Crippen LogP contribution in [-0.2, 0) is 0 Å². The van der Waals surface area contributed by atoms with Gasteiger partial charge in [-0.2, -0.15) is 13.8 Å². The summed E-state index contributed by atoms with van der Waals surface area (Å²) in [6.07, 6.45) is 0. The Kier molecular flexibility index (Phi) is 55.5. The number of rotatable bonds is 0. The van der Waals surface area contributed by atoms with E-state index in [-0.39, 0.29) is 0 Å². The highest BCUT2D eigenvalue weighted by atomic mass is 13.7. The van der Waals surface area contributed by atoms with E-state index in [1.807, 2.05) is 0 Å². The Labute approximate surface area is 543 Å². The van der Waals surface area contributed by atoms with Crippen molar-refractivity contribution < 1.29 is 0 Å². The van der Waals surface area contributed by atoms with E-state index < -0.39 is 0 Å². The lowest BCUT2D eigenvalue weighted by molar-refractivity contribution is 2.31. The Morgan fingerprint density at radius 2 is 0.0870 bits per heavy atom. The molecule has 0 heterocycles. The maximum Gasteiger partial charge on any atom is 0 e. The van der Waals surface area contributed by atoms with Crippen LogP contribution in [-0.4, -0.2) is 0 Å². The Bertz CT molecular complexity index is 5970. The third-order valence-electron chi connectivity index (χ3n) is 5.61. The molecule has 92 heavy (non-hydrogen) atoms. The van der Waals surface area contributed by atoms with Crippen molar-refractivity contribution in [3.8, 4) is 533 Å². The van der Waals surface area contributed by atoms with Crippen molar-refractivity contribution in [2.45, 2.75) is 0 Å². The van der Waals surface area contributed by atoms with E-state index in [2.05, 4.69) is 547 Å². The third-order valence-corrected chi connectivity index (χ3v) is 5.61. The largest absolute Gasteiger partial charge is 0.284 e. The van der Waals surface area contributed by atoms with Gasteiger partial charge in [0.25, 0.3) is 0 Å². The Balaban J connectivity index is 4.63. The van der Waals surface area contributed by atoms with Crippen molar-refractivity contribution >= 4 is 0 Å². The summed E-state index contributed by atoms with van der Waals surface area (Å²) in [6.45, 7) is 6.63. The van der Waals surface area contributed by atoms with Gasteiger partial charge in [0.1, 0.15) is 0 Å². The summed E-state index contributed by atoms with van der Waals surface area (Å²) in [5, 5.41) is 0. The quantitative estimate of drug-likeness (QED) is 0.250. The zero-order chi connectivity index (χ0) is 65.6. The van der Waals surface area contributed by atoms with E-state index in [9.17, 15) is 0 Å². The molecule has 374 valence electrons. The minimum Gasteiger partial charge on any atom is -0.284 e. The van der Waals surface area contributed by atoms with Crippen LogP contribution in [0.4, 0.5) is 0 Å². The van der Waals surface area contributed by atoms with Gasteiger partial charge in [-0.15, -0.1) is 11.8 Å². The van der Waals surface area contributed by atoms with Crippen LogP contribution in [0.5, 0.6) is 0 Å². The Morgan fingerprint density at radius 3 is 0.120 bits per heavy atom. The highest BCUT2D eigenvalue weighted by Crippen LogP contribution is 1.66. The van der Waals surface area contributed by atoms with Gasteiger partial charge < -0.3 is 0 Å². The van der Waals surface area contributed by atoms with Gasteiger partial charge in [-0.3, -0.25) is 11.8 Å². The highest BCUT2D eigenvalue weighted by Gasteiger charge is 1.66. The van der Waals surface area contributed by atoms with Crippen LogP contribution in [0, 0.1) is 547 Å². The van der Waals surface area contributed by atoms with E-state index in [1.165, 1.54) is 0 Å². The van der Waals surface area contributed by atoms with Crippen LogP contribution in [0.3, 0.4) is 0 Å². The molecule has 0 saturated heterocycles.